The van der Waals surface area contributed by atoms with Crippen LogP contribution in [-0.2, 0) is 33.2 Å². The van der Waals surface area contributed by atoms with E-state index in [2.05, 4.69) is 0 Å². The van der Waals surface area contributed by atoms with Gasteiger partial charge in [-0.15, -0.1) is 0 Å². The van der Waals surface area contributed by atoms with Gasteiger partial charge in [-0.05, 0) is 27.2 Å². The van der Waals surface area contributed by atoms with Crippen molar-refractivity contribution in [3.63, 3.8) is 0 Å². The average Bonchev–Trinajstić information content (AvgIpc) is 2.52. The van der Waals surface area contributed by atoms with Gasteiger partial charge in [-0.1, -0.05) is 0 Å². The number of methoxy groups -OCH3 is 1. The first kappa shape index (κ1) is 23.3. The second-order valence-corrected chi connectivity index (χ2v) is 6.11. The van der Waals surface area contributed by atoms with E-state index in [4.69, 9.17) is 28.4 Å². The summed E-state index contributed by atoms with van der Waals surface area (Å²) < 4.78 is 31.3. The van der Waals surface area contributed by atoms with Crippen molar-refractivity contribution >= 4 is 5.97 Å². The molecule has 0 bridgehead atoms. The van der Waals surface area contributed by atoms with Gasteiger partial charge in [0.25, 0.3) is 0 Å². The van der Waals surface area contributed by atoms with Crippen LogP contribution in [0.2, 0.25) is 0 Å². The molecule has 0 aliphatic heterocycles. The van der Waals surface area contributed by atoms with Crippen molar-refractivity contribution in [1.82, 2.24) is 0 Å². The molecule has 144 valence electrons. The summed E-state index contributed by atoms with van der Waals surface area (Å²) in [5, 5.41) is 0. The predicted octanol–water partition coefficient (Wildman–Crippen LogP) is 1.82. The Kier molecular flexibility index (Phi) is 15.3. The van der Waals surface area contributed by atoms with Gasteiger partial charge < -0.3 is 28.4 Å². The van der Waals surface area contributed by atoms with Gasteiger partial charge in [0.2, 0.25) is 0 Å². The maximum absolute atomic E-state index is 11.5. The highest BCUT2D eigenvalue weighted by Crippen LogP contribution is 2.07. The van der Waals surface area contributed by atoms with Crippen molar-refractivity contribution in [2.24, 2.45) is 0 Å². The molecule has 0 saturated heterocycles. The van der Waals surface area contributed by atoms with E-state index in [9.17, 15) is 4.79 Å². The zero-order valence-corrected chi connectivity index (χ0v) is 15.6. The summed E-state index contributed by atoms with van der Waals surface area (Å²) in [5.74, 6) is -0.222. The van der Waals surface area contributed by atoms with Crippen LogP contribution in [0, 0.1) is 0 Å². The van der Waals surface area contributed by atoms with Gasteiger partial charge in [0, 0.05) is 20.1 Å². The van der Waals surface area contributed by atoms with E-state index in [-0.39, 0.29) is 18.2 Å². The standard InChI is InChI=1S/C17H34O7/c1-17(2,3)24-7-5-6-16(18)23-15-14-22-13-12-21-11-10-20-9-8-19-4/h5-15H2,1-4H3. The van der Waals surface area contributed by atoms with Gasteiger partial charge in [0.05, 0.1) is 51.8 Å². The third-order valence-electron chi connectivity index (χ3n) is 2.73. The van der Waals surface area contributed by atoms with Crippen LogP contribution in [0.25, 0.3) is 0 Å². The summed E-state index contributed by atoms with van der Waals surface area (Å²) in [4.78, 5) is 11.5. The highest BCUT2D eigenvalue weighted by atomic mass is 16.6. The molecule has 0 aliphatic rings. The van der Waals surface area contributed by atoms with Crippen LogP contribution in [0.1, 0.15) is 33.6 Å². The molecule has 0 N–H and O–H groups in total. The van der Waals surface area contributed by atoms with Crippen molar-refractivity contribution in [3.8, 4) is 0 Å². The maximum Gasteiger partial charge on any atom is 0.305 e. The lowest BCUT2D eigenvalue weighted by molar-refractivity contribution is -0.146. The zero-order valence-electron chi connectivity index (χ0n) is 15.6. The molecular formula is C17H34O7. The van der Waals surface area contributed by atoms with Crippen LogP contribution in [0.3, 0.4) is 0 Å². The molecule has 0 unspecified atom stereocenters. The van der Waals surface area contributed by atoms with Crippen molar-refractivity contribution in [1.29, 1.82) is 0 Å². The monoisotopic (exact) mass is 350 g/mol. The Labute approximate surface area is 145 Å². The van der Waals surface area contributed by atoms with Gasteiger partial charge in [0.15, 0.2) is 0 Å². The number of esters is 1. The molecular weight excluding hydrogens is 316 g/mol. The molecule has 0 atom stereocenters. The van der Waals surface area contributed by atoms with Gasteiger partial charge in [-0.2, -0.15) is 0 Å². The van der Waals surface area contributed by atoms with E-state index in [0.717, 1.165) is 0 Å². The third-order valence-corrected chi connectivity index (χ3v) is 2.73. The van der Waals surface area contributed by atoms with E-state index in [1.807, 2.05) is 20.8 Å². The number of rotatable bonds is 16. The highest BCUT2D eigenvalue weighted by molar-refractivity contribution is 5.69. The quantitative estimate of drug-likeness (QED) is 0.310. The van der Waals surface area contributed by atoms with Gasteiger partial charge in [-0.3, -0.25) is 4.79 Å². The molecule has 0 amide bonds. The van der Waals surface area contributed by atoms with Gasteiger partial charge >= 0.3 is 5.97 Å². The second-order valence-electron chi connectivity index (χ2n) is 6.11. The van der Waals surface area contributed by atoms with Crippen LogP contribution >= 0.6 is 0 Å². The molecule has 0 aromatic carbocycles. The first-order valence-electron chi connectivity index (χ1n) is 8.47. The first-order valence-corrected chi connectivity index (χ1v) is 8.47. The Morgan fingerprint density at radius 1 is 0.750 bits per heavy atom. The van der Waals surface area contributed by atoms with Gasteiger partial charge in [-0.25, -0.2) is 0 Å². The molecule has 0 aromatic heterocycles. The van der Waals surface area contributed by atoms with E-state index < -0.39 is 0 Å². The number of carbonyl (C=O) groups is 1. The second kappa shape index (κ2) is 15.8. The average molecular weight is 350 g/mol. The lowest BCUT2D eigenvalue weighted by Crippen LogP contribution is -2.20. The van der Waals surface area contributed by atoms with Crippen LogP contribution < -0.4 is 0 Å². The predicted molar refractivity (Wildman–Crippen MR) is 90.2 cm³/mol. The summed E-state index contributed by atoms with van der Waals surface area (Å²) in [7, 11) is 1.63. The van der Waals surface area contributed by atoms with Crippen molar-refractivity contribution in [2.45, 2.75) is 39.2 Å². The molecule has 0 heterocycles. The smallest absolute Gasteiger partial charge is 0.305 e. The summed E-state index contributed by atoms with van der Waals surface area (Å²) in [6, 6.07) is 0. The fourth-order valence-electron chi connectivity index (χ4n) is 1.57. The molecule has 0 rings (SSSR count). The fraction of sp³-hybridized carbons (Fsp3) is 0.941. The maximum atomic E-state index is 11.5. The summed E-state index contributed by atoms with van der Waals surface area (Å²) in [6.45, 7) is 10.3. The molecule has 0 saturated carbocycles. The largest absolute Gasteiger partial charge is 0.463 e. The summed E-state index contributed by atoms with van der Waals surface area (Å²) in [5.41, 5.74) is -0.171. The first-order chi connectivity index (χ1) is 11.5. The summed E-state index contributed by atoms with van der Waals surface area (Å²) in [6.07, 6.45) is 1.03. The normalized spacial score (nSPS) is 11.7. The minimum Gasteiger partial charge on any atom is -0.463 e. The van der Waals surface area contributed by atoms with Crippen LogP contribution in [-0.4, -0.2) is 78.1 Å². The molecule has 0 radical (unpaired) electrons. The van der Waals surface area contributed by atoms with E-state index in [0.29, 0.717) is 65.7 Å². The van der Waals surface area contributed by atoms with E-state index in [1.54, 1.807) is 7.11 Å². The van der Waals surface area contributed by atoms with Crippen LogP contribution in [0.15, 0.2) is 0 Å². The molecule has 7 nitrogen and oxygen atoms in total. The zero-order chi connectivity index (χ0) is 18.1. The van der Waals surface area contributed by atoms with Crippen molar-refractivity contribution in [2.75, 3.05) is 66.6 Å². The number of carbonyl (C=O) groups excluding carboxylic acids is 1. The Morgan fingerprint density at radius 2 is 1.25 bits per heavy atom. The van der Waals surface area contributed by atoms with Crippen molar-refractivity contribution < 1.29 is 33.2 Å². The lowest BCUT2D eigenvalue weighted by atomic mass is 10.2. The highest BCUT2D eigenvalue weighted by Gasteiger charge is 2.10. The van der Waals surface area contributed by atoms with Crippen LogP contribution in [0.4, 0.5) is 0 Å². The number of ether oxygens (including phenoxy) is 6. The fourth-order valence-corrected chi connectivity index (χ4v) is 1.57. The number of hydrogen-bond acceptors (Lipinski definition) is 7. The summed E-state index contributed by atoms with van der Waals surface area (Å²) >= 11 is 0. The number of hydrogen-bond donors (Lipinski definition) is 0. The van der Waals surface area contributed by atoms with Gasteiger partial charge in [0.1, 0.15) is 6.61 Å². The molecule has 7 heteroatoms. The SMILES string of the molecule is COCCOCCOCCOCCOC(=O)CCCOC(C)(C)C. The molecule has 0 aliphatic carbocycles. The minimum absolute atomic E-state index is 0.171. The molecule has 0 fully saturated rings. The minimum atomic E-state index is -0.222. The molecule has 0 spiro atoms. The Morgan fingerprint density at radius 3 is 1.75 bits per heavy atom. The third kappa shape index (κ3) is 19.3. The molecule has 0 aromatic rings. The lowest BCUT2D eigenvalue weighted by Gasteiger charge is -2.19. The Hall–Kier alpha value is -0.730. The Bertz CT molecular complexity index is 289. The van der Waals surface area contributed by atoms with E-state index >= 15 is 0 Å². The molecule has 24 heavy (non-hydrogen) atoms. The van der Waals surface area contributed by atoms with Crippen molar-refractivity contribution in [3.05, 3.63) is 0 Å². The Balaban J connectivity index is 3.19. The van der Waals surface area contributed by atoms with Crippen LogP contribution in [0.5, 0.6) is 0 Å². The van der Waals surface area contributed by atoms with E-state index in [1.165, 1.54) is 0 Å². The topological polar surface area (TPSA) is 72.5 Å².